The van der Waals surface area contributed by atoms with Gasteiger partial charge in [0.2, 0.25) is 0 Å². The third-order valence-corrected chi connectivity index (χ3v) is 6.21. The van der Waals surface area contributed by atoms with Crippen molar-refractivity contribution in [3.05, 3.63) is 94.0 Å². The van der Waals surface area contributed by atoms with E-state index in [1.54, 1.807) is 5.56 Å². The van der Waals surface area contributed by atoms with Crippen LogP contribution >= 0.6 is 15.9 Å². The van der Waals surface area contributed by atoms with Crippen LogP contribution in [-0.2, 0) is 12.8 Å². The first-order valence-electron chi connectivity index (χ1n) is 8.97. The summed E-state index contributed by atoms with van der Waals surface area (Å²) in [6.45, 7) is 0. The van der Waals surface area contributed by atoms with Crippen LogP contribution in [0.1, 0.15) is 29.0 Å². The molecule has 0 heterocycles. The van der Waals surface area contributed by atoms with Gasteiger partial charge >= 0.3 is 0 Å². The topological polar surface area (TPSA) is 0 Å². The Kier molecular flexibility index (Phi) is 3.64. The molecule has 0 aliphatic heterocycles. The molecule has 0 fully saturated rings. The number of hydrogen-bond donors (Lipinski definition) is 0. The molecule has 1 atom stereocenters. The van der Waals surface area contributed by atoms with Crippen molar-refractivity contribution in [3.63, 3.8) is 0 Å². The number of halogens is 1. The Labute approximate surface area is 156 Å². The molecule has 0 aromatic heterocycles. The van der Waals surface area contributed by atoms with Gasteiger partial charge in [0.1, 0.15) is 0 Å². The molecule has 1 aliphatic carbocycles. The molecule has 0 radical (unpaired) electrons. The van der Waals surface area contributed by atoms with E-state index >= 15 is 0 Å². The fourth-order valence-corrected chi connectivity index (χ4v) is 4.65. The highest BCUT2D eigenvalue weighted by Gasteiger charge is 2.22. The van der Waals surface area contributed by atoms with E-state index in [4.69, 9.17) is 0 Å². The van der Waals surface area contributed by atoms with Crippen LogP contribution in [0.25, 0.3) is 21.5 Å². The molecule has 0 bridgehead atoms. The quantitative estimate of drug-likeness (QED) is 0.308. The Morgan fingerprint density at radius 3 is 2.40 bits per heavy atom. The second-order valence-corrected chi connectivity index (χ2v) is 7.99. The van der Waals surface area contributed by atoms with Gasteiger partial charge in [0.15, 0.2) is 0 Å². The molecule has 0 N–H and O–H groups in total. The van der Waals surface area contributed by atoms with Gasteiger partial charge in [0, 0.05) is 4.47 Å². The molecular weight excluding hydrogens is 368 g/mol. The van der Waals surface area contributed by atoms with Crippen molar-refractivity contribution < 1.29 is 0 Å². The largest absolute Gasteiger partial charge is 0.0616 e. The third-order valence-electron chi connectivity index (χ3n) is 5.69. The van der Waals surface area contributed by atoms with E-state index in [0.717, 1.165) is 10.9 Å². The summed E-state index contributed by atoms with van der Waals surface area (Å²) >= 11 is 3.54. The lowest BCUT2D eigenvalue weighted by atomic mass is 9.78. The zero-order valence-corrected chi connectivity index (χ0v) is 15.6. The summed E-state index contributed by atoms with van der Waals surface area (Å²) in [5.74, 6) is 0.638. The zero-order valence-electron chi connectivity index (χ0n) is 14.0. The average Bonchev–Trinajstić information content (AvgIpc) is 2.67. The molecule has 122 valence electrons. The van der Waals surface area contributed by atoms with Crippen molar-refractivity contribution in [2.75, 3.05) is 0 Å². The second kappa shape index (κ2) is 6.00. The van der Waals surface area contributed by atoms with E-state index in [1.165, 1.54) is 45.5 Å². The first kappa shape index (κ1) is 15.2. The fourth-order valence-electron chi connectivity index (χ4n) is 4.39. The molecule has 0 saturated carbocycles. The highest BCUT2D eigenvalue weighted by molar-refractivity contribution is 9.10. The van der Waals surface area contributed by atoms with E-state index in [1.807, 2.05) is 0 Å². The molecule has 25 heavy (non-hydrogen) atoms. The summed E-state index contributed by atoms with van der Waals surface area (Å²) in [7, 11) is 0. The molecule has 4 aromatic carbocycles. The Morgan fingerprint density at radius 2 is 1.52 bits per heavy atom. The van der Waals surface area contributed by atoms with Crippen molar-refractivity contribution in [2.45, 2.75) is 25.2 Å². The van der Waals surface area contributed by atoms with Crippen LogP contribution in [0.5, 0.6) is 0 Å². The summed E-state index contributed by atoms with van der Waals surface area (Å²) < 4.78 is 1.16. The van der Waals surface area contributed by atoms with E-state index in [9.17, 15) is 0 Å². The minimum atomic E-state index is 0.638. The van der Waals surface area contributed by atoms with E-state index in [2.05, 4.69) is 88.7 Å². The van der Waals surface area contributed by atoms with Gasteiger partial charge in [0.25, 0.3) is 0 Å². The Morgan fingerprint density at radius 1 is 0.720 bits per heavy atom. The maximum atomic E-state index is 3.54. The van der Waals surface area contributed by atoms with E-state index in [0.29, 0.717) is 5.92 Å². The summed E-state index contributed by atoms with van der Waals surface area (Å²) in [5, 5.41) is 5.56. The van der Waals surface area contributed by atoms with Crippen LogP contribution in [0.15, 0.2) is 77.3 Å². The number of fused-ring (bicyclic) bond motifs is 5. The van der Waals surface area contributed by atoms with Gasteiger partial charge in [-0.05, 0) is 75.5 Å². The maximum absolute atomic E-state index is 3.54. The van der Waals surface area contributed by atoms with Crippen molar-refractivity contribution >= 4 is 37.5 Å². The summed E-state index contributed by atoms with van der Waals surface area (Å²) in [6, 6.07) is 26.9. The first-order valence-corrected chi connectivity index (χ1v) is 9.76. The lowest BCUT2D eigenvalue weighted by Gasteiger charge is -2.26. The normalized spacial score (nSPS) is 16.9. The molecule has 1 unspecified atom stereocenters. The van der Waals surface area contributed by atoms with Crippen molar-refractivity contribution in [1.29, 1.82) is 0 Å². The fraction of sp³-hybridized carbons (Fsp3) is 0.167. The smallest absolute Gasteiger partial charge is 0.0175 e. The molecular formula is C24H19Br. The van der Waals surface area contributed by atoms with Crippen molar-refractivity contribution in [2.24, 2.45) is 0 Å². The van der Waals surface area contributed by atoms with Gasteiger partial charge in [-0.1, -0.05) is 76.6 Å². The molecule has 1 heteroatoms. The van der Waals surface area contributed by atoms with Gasteiger partial charge < -0.3 is 0 Å². The van der Waals surface area contributed by atoms with Gasteiger partial charge in [-0.3, -0.25) is 0 Å². The Hall–Kier alpha value is -2.12. The number of aryl methyl sites for hydroxylation is 1. The first-order chi connectivity index (χ1) is 12.3. The minimum absolute atomic E-state index is 0.638. The summed E-state index contributed by atoms with van der Waals surface area (Å²) in [6.07, 6.45) is 3.56. The number of hydrogen-bond acceptors (Lipinski definition) is 0. The highest BCUT2D eigenvalue weighted by atomic mass is 79.9. The molecule has 4 aromatic rings. The monoisotopic (exact) mass is 386 g/mol. The maximum Gasteiger partial charge on any atom is 0.0175 e. The highest BCUT2D eigenvalue weighted by Crippen LogP contribution is 2.38. The summed E-state index contributed by atoms with van der Waals surface area (Å²) in [4.78, 5) is 0. The predicted octanol–water partition coefficient (Wildman–Crippen LogP) is 7.03. The predicted molar refractivity (Wildman–Crippen MR) is 110 cm³/mol. The average molecular weight is 387 g/mol. The molecule has 1 aliphatic rings. The zero-order chi connectivity index (χ0) is 16.8. The second-order valence-electron chi connectivity index (χ2n) is 7.08. The van der Waals surface area contributed by atoms with Crippen molar-refractivity contribution in [1.82, 2.24) is 0 Å². The third kappa shape index (κ3) is 2.58. The number of benzene rings is 4. The van der Waals surface area contributed by atoms with Crippen LogP contribution < -0.4 is 0 Å². The van der Waals surface area contributed by atoms with Crippen LogP contribution in [0.4, 0.5) is 0 Å². The lowest BCUT2D eigenvalue weighted by molar-refractivity contribution is 0.588. The molecule has 0 nitrogen and oxygen atoms in total. The standard InChI is InChI=1S/C24H19Br/c25-20-10-5-16(6-11-20)18-8-12-22-19(15-18)9-14-23-21-4-2-1-3-17(21)7-13-24(22)23/h1-7,9-11,13-14,18H,8,12,15H2. The lowest BCUT2D eigenvalue weighted by Crippen LogP contribution is -2.13. The van der Waals surface area contributed by atoms with Crippen LogP contribution in [-0.4, -0.2) is 0 Å². The van der Waals surface area contributed by atoms with Gasteiger partial charge in [-0.25, -0.2) is 0 Å². The molecule has 5 rings (SSSR count). The Bertz CT molecular complexity index is 1080. The minimum Gasteiger partial charge on any atom is -0.0616 e. The van der Waals surface area contributed by atoms with Gasteiger partial charge in [0.05, 0.1) is 0 Å². The van der Waals surface area contributed by atoms with E-state index in [-0.39, 0.29) is 0 Å². The molecule has 0 saturated heterocycles. The van der Waals surface area contributed by atoms with Crippen LogP contribution in [0.3, 0.4) is 0 Å². The number of rotatable bonds is 1. The molecule has 0 amide bonds. The van der Waals surface area contributed by atoms with Crippen molar-refractivity contribution in [3.8, 4) is 0 Å². The molecule has 0 spiro atoms. The SMILES string of the molecule is Brc1ccc(C2CCc3c(ccc4c3ccc3ccccc34)C2)cc1. The van der Waals surface area contributed by atoms with Crippen LogP contribution in [0.2, 0.25) is 0 Å². The van der Waals surface area contributed by atoms with Gasteiger partial charge in [-0.15, -0.1) is 0 Å². The van der Waals surface area contributed by atoms with Gasteiger partial charge in [-0.2, -0.15) is 0 Å². The Balaban J connectivity index is 1.60. The van der Waals surface area contributed by atoms with Crippen LogP contribution in [0, 0.1) is 0 Å². The van der Waals surface area contributed by atoms with E-state index < -0.39 is 0 Å². The summed E-state index contributed by atoms with van der Waals surface area (Å²) in [5.41, 5.74) is 4.56.